The SMILES string of the molecule is C=C1C(OC(C)=O)C(OC(=O)C(C)C)C(=O)C(C)(C)C=CC(C)C(=O)C2(OC(C)=O)CC(C)(O)C(OC(C)=O)C2C1OC(C)=O. The van der Waals surface area contributed by atoms with E-state index in [-0.39, 0.29) is 5.57 Å². The van der Waals surface area contributed by atoms with Gasteiger partial charge < -0.3 is 28.8 Å². The predicted molar refractivity (Wildman–Crippen MR) is 156 cm³/mol. The molecule has 45 heavy (non-hydrogen) atoms. The Morgan fingerprint density at radius 2 is 1.33 bits per heavy atom. The fourth-order valence-corrected chi connectivity index (χ4v) is 5.88. The molecule has 0 spiro atoms. The molecule has 0 bridgehead atoms. The van der Waals surface area contributed by atoms with Crippen molar-refractivity contribution in [1.29, 1.82) is 0 Å². The van der Waals surface area contributed by atoms with Gasteiger partial charge in [0, 0.05) is 51.0 Å². The van der Waals surface area contributed by atoms with Gasteiger partial charge in [-0.15, -0.1) is 0 Å². The normalized spacial score (nSPS) is 33.3. The third-order valence-corrected chi connectivity index (χ3v) is 7.87. The Kier molecular flexibility index (Phi) is 11.3. The van der Waals surface area contributed by atoms with Crippen LogP contribution in [0.5, 0.6) is 0 Å². The molecule has 0 aromatic carbocycles. The number of esters is 5. The Morgan fingerprint density at radius 1 is 0.822 bits per heavy atom. The van der Waals surface area contributed by atoms with E-state index in [0.29, 0.717) is 0 Å². The molecule has 8 unspecified atom stereocenters. The van der Waals surface area contributed by atoms with Crippen molar-refractivity contribution < 1.29 is 62.4 Å². The first kappa shape index (κ1) is 37.3. The minimum atomic E-state index is -2.31. The summed E-state index contributed by atoms with van der Waals surface area (Å²) in [5, 5.41) is 11.6. The standard InChI is InChI=1S/C32H44O13/c1-15(2)29(39)44-25-24(42-19(6)34)17(4)23(41-18(5)33)22-28(43-20(7)35)31(11,40)14-32(22,45-21(8)36)26(37)16(3)12-13-30(9,10)27(25)38/h12-13,15-16,22-25,28,40H,4,14H2,1-3,5-11H3. The number of hydrogen-bond acceptors (Lipinski definition) is 13. The number of ether oxygens (including phenoxy) is 5. The zero-order valence-corrected chi connectivity index (χ0v) is 27.5. The maximum Gasteiger partial charge on any atom is 0.309 e. The molecule has 2 rings (SSSR count). The van der Waals surface area contributed by atoms with Crippen LogP contribution >= 0.6 is 0 Å². The van der Waals surface area contributed by atoms with Crippen molar-refractivity contribution in [3.8, 4) is 0 Å². The summed E-state index contributed by atoms with van der Waals surface area (Å²) < 4.78 is 28.1. The molecule has 2 aliphatic rings. The van der Waals surface area contributed by atoms with Crippen LogP contribution in [-0.2, 0) is 57.2 Å². The van der Waals surface area contributed by atoms with Gasteiger partial charge in [-0.2, -0.15) is 0 Å². The van der Waals surface area contributed by atoms with Crippen molar-refractivity contribution >= 4 is 41.4 Å². The van der Waals surface area contributed by atoms with E-state index < -0.39 is 107 Å². The number of fused-ring (bicyclic) bond motifs is 1. The average Bonchev–Trinajstić information content (AvgIpc) is 3.10. The minimum absolute atomic E-state index is 0.368. The lowest BCUT2D eigenvalue weighted by Crippen LogP contribution is -2.58. The van der Waals surface area contributed by atoms with Gasteiger partial charge in [0.1, 0.15) is 17.8 Å². The zero-order valence-electron chi connectivity index (χ0n) is 27.5. The minimum Gasteiger partial charge on any atom is -0.459 e. The molecule has 250 valence electrons. The van der Waals surface area contributed by atoms with Crippen molar-refractivity contribution in [2.24, 2.45) is 23.2 Å². The lowest BCUT2D eigenvalue weighted by Gasteiger charge is -2.42. The molecule has 0 amide bonds. The molecule has 1 fully saturated rings. The first-order valence-electron chi connectivity index (χ1n) is 14.6. The van der Waals surface area contributed by atoms with E-state index in [0.717, 1.165) is 27.7 Å². The first-order chi connectivity index (χ1) is 20.5. The zero-order chi connectivity index (χ0) is 34.8. The second-order valence-electron chi connectivity index (χ2n) is 12.8. The van der Waals surface area contributed by atoms with Crippen LogP contribution in [0.4, 0.5) is 0 Å². The molecule has 0 heterocycles. The van der Waals surface area contributed by atoms with Crippen molar-refractivity contribution in [2.75, 3.05) is 0 Å². The van der Waals surface area contributed by atoms with E-state index in [1.807, 2.05) is 0 Å². The maximum absolute atomic E-state index is 14.4. The van der Waals surface area contributed by atoms with Gasteiger partial charge in [0.25, 0.3) is 0 Å². The maximum atomic E-state index is 14.4. The molecule has 8 atom stereocenters. The summed E-state index contributed by atoms with van der Waals surface area (Å²) in [6, 6.07) is 0. The Morgan fingerprint density at radius 3 is 1.80 bits per heavy atom. The van der Waals surface area contributed by atoms with Crippen LogP contribution in [0.2, 0.25) is 0 Å². The summed E-state index contributed by atoms with van der Waals surface area (Å²) in [7, 11) is 0. The molecule has 0 radical (unpaired) electrons. The fraction of sp³-hybridized carbons (Fsp3) is 0.656. The Labute approximate surface area is 262 Å². The second-order valence-corrected chi connectivity index (χ2v) is 12.8. The van der Waals surface area contributed by atoms with E-state index in [1.54, 1.807) is 0 Å². The Hall–Kier alpha value is -3.87. The van der Waals surface area contributed by atoms with Crippen LogP contribution < -0.4 is 0 Å². The third-order valence-electron chi connectivity index (χ3n) is 7.87. The number of carbonyl (C=O) groups is 7. The van der Waals surface area contributed by atoms with Crippen LogP contribution in [0.1, 0.15) is 75.7 Å². The molecule has 2 aliphatic carbocycles. The highest BCUT2D eigenvalue weighted by molar-refractivity contribution is 5.95. The van der Waals surface area contributed by atoms with Gasteiger partial charge >= 0.3 is 29.8 Å². The van der Waals surface area contributed by atoms with Gasteiger partial charge in [0.05, 0.1) is 11.8 Å². The highest BCUT2D eigenvalue weighted by atomic mass is 16.6. The number of carbonyl (C=O) groups excluding carboxylic acids is 7. The molecule has 0 aliphatic heterocycles. The van der Waals surface area contributed by atoms with E-state index in [1.165, 1.54) is 53.7 Å². The molecule has 13 nitrogen and oxygen atoms in total. The summed E-state index contributed by atoms with van der Waals surface area (Å²) in [6.07, 6.45) is -4.95. The molecule has 0 aromatic heterocycles. The van der Waals surface area contributed by atoms with Gasteiger partial charge in [-0.3, -0.25) is 33.6 Å². The monoisotopic (exact) mass is 636 g/mol. The van der Waals surface area contributed by atoms with Gasteiger partial charge in [0.2, 0.25) is 6.10 Å². The summed E-state index contributed by atoms with van der Waals surface area (Å²) in [4.78, 5) is 91.5. The number of Topliss-reactive ketones (excluding diaryl/α,β-unsaturated/α-hetero) is 2. The first-order valence-corrected chi connectivity index (χ1v) is 14.6. The van der Waals surface area contributed by atoms with Gasteiger partial charge in [-0.1, -0.05) is 39.5 Å². The number of rotatable bonds is 6. The van der Waals surface area contributed by atoms with Crippen LogP contribution in [0.25, 0.3) is 0 Å². The highest BCUT2D eigenvalue weighted by Gasteiger charge is 2.70. The molecule has 0 saturated heterocycles. The smallest absolute Gasteiger partial charge is 0.309 e. The molecule has 13 heteroatoms. The topological polar surface area (TPSA) is 186 Å². The van der Waals surface area contributed by atoms with Crippen molar-refractivity contribution in [1.82, 2.24) is 0 Å². The predicted octanol–water partition coefficient (Wildman–Crippen LogP) is 2.35. The van der Waals surface area contributed by atoms with Crippen molar-refractivity contribution in [3.05, 3.63) is 24.3 Å². The molecular weight excluding hydrogens is 592 g/mol. The number of aliphatic hydroxyl groups is 1. The van der Waals surface area contributed by atoms with Gasteiger partial charge in [-0.25, -0.2) is 0 Å². The van der Waals surface area contributed by atoms with Crippen LogP contribution in [0.3, 0.4) is 0 Å². The Bertz CT molecular complexity index is 1290. The summed E-state index contributed by atoms with van der Waals surface area (Å²) in [5.74, 6) is -9.56. The summed E-state index contributed by atoms with van der Waals surface area (Å²) >= 11 is 0. The molecule has 1 saturated carbocycles. The van der Waals surface area contributed by atoms with E-state index >= 15 is 0 Å². The van der Waals surface area contributed by atoms with E-state index in [2.05, 4.69) is 6.58 Å². The lowest BCUT2D eigenvalue weighted by atomic mass is 9.72. The second kappa shape index (κ2) is 13.6. The average molecular weight is 637 g/mol. The Balaban J connectivity index is 3.14. The number of ketones is 2. The van der Waals surface area contributed by atoms with Crippen molar-refractivity contribution in [2.45, 2.75) is 111 Å². The van der Waals surface area contributed by atoms with Crippen LogP contribution in [0, 0.1) is 23.2 Å². The van der Waals surface area contributed by atoms with E-state index in [4.69, 9.17) is 23.7 Å². The molecular formula is C32H44O13. The quantitative estimate of drug-likeness (QED) is 0.255. The highest BCUT2D eigenvalue weighted by Crippen LogP contribution is 2.52. The van der Waals surface area contributed by atoms with Crippen LogP contribution in [0.15, 0.2) is 24.3 Å². The fourth-order valence-electron chi connectivity index (χ4n) is 5.88. The summed E-state index contributed by atoms with van der Waals surface area (Å²) in [5.41, 5.74) is -6.17. The van der Waals surface area contributed by atoms with Crippen molar-refractivity contribution in [3.63, 3.8) is 0 Å². The van der Waals surface area contributed by atoms with Gasteiger partial charge in [0.15, 0.2) is 23.3 Å². The number of hydrogen-bond donors (Lipinski definition) is 1. The van der Waals surface area contributed by atoms with Gasteiger partial charge in [-0.05, 0) is 20.8 Å². The third kappa shape index (κ3) is 8.05. The largest absolute Gasteiger partial charge is 0.459 e. The number of allylic oxidation sites excluding steroid dienone is 2. The van der Waals surface area contributed by atoms with E-state index in [9.17, 15) is 38.7 Å². The molecule has 1 N–H and O–H groups in total. The van der Waals surface area contributed by atoms with Crippen LogP contribution in [-0.4, -0.2) is 82.1 Å². The summed E-state index contributed by atoms with van der Waals surface area (Å²) in [6.45, 7) is 16.8. The molecule has 0 aromatic rings. The lowest BCUT2D eigenvalue weighted by molar-refractivity contribution is -0.188.